The Balaban J connectivity index is 1.35. The molecule has 0 aromatic carbocycles. The van der Waals surface area contributed by atoms with Crippen molar-refractivity contribution in [3.05, 3.63) is 22.8 Å². The molecule has 17 unspecified atom stereocenters. The minimum Gasteiger partial charge on any atom is -0.459 e. The standard InChI is InChI=1S/C44H71ClN4O10S2/c1-24-14-13-15-33(50)44(7,59-38-19-17-31(49(10)11)27(4)56-38)34(51)22-36-47-43(6,41(54-12)61(36)53)40-46-29(23-60-40)39(52)58-35-21-32(28(20-24)25(2)42(35,5)45)57-37-18-16-30(48(8)9)26(3)55-37/h20,22,25-33,35,37-38,41,47,50H,13-19,21,23H2,1-12H3/b24-20-,36-22-. The number of ether oxygens (including phenoxy) is 6. The Hall–Kier alpha value is -1.44. The van der Waals surface area contributed by atoms with Crippen LogP contribution in [0.1, 0.15) is 99.8 Å². The van der Waals surface area contributed by atoms with Gasteiger partial charge < -0.3 is 48.6 Å². The lowest BCUT2D eigenvalue weighted by Gasteiger charge is -2.49. The maximum Gasteiger partial charge on any atom is 0.332 e. The number of methoxy groups -OCH3 is 1. The number of carbonyl (C=O) groups excluding carboxylic acids is 2. The minimum atomic E-state index is -1.85. The monoisotopic (exact) mass is 914 g/mol. The fourth-order valence-corrected chi connectivity index (χ4v) is 13.2. The summed E-state index contributed by atoms with van der Waals surface area (Å²) in [5, 5.41) is 15.9. The lowest BCUT2D eigenvalue weighted by Crippen LogP contribution is -2.56. The first kappa shape index (κ1) is 49.0. The first-order valence-electron chi connectivity index (χ1n) is 22.0. The normalized spacial score (nSPS) is 47.2. The quantitative estimate of drug-likeness (QED) is 0.197. The number of alkyl halides is 1. The molecule has 7 rings (SSSR count). The van der Waals surface area contributed by atoms with Gasteiger partial charge in [-0.05, 0) is 114 Å². The average Bonchev–Trinajstić information content (AvgIpc) is 3.78. The van der Waals surface area contributed by atoms with E-state index in [-0.39, 0.29) is 53.7 Å². The number of allylic oxidation sites excluding steroid dienone is 1. The molecule has 17 atom stereocenters. The van der Waals surface area contributed by atoms with Crippen LogP contribution >= 0.6 is 23.4 Å². The third kappa shape index (κ3) is 10.2. The van der Waals surface area contributed by atoms with E-state index in [2.05, 4.69) is 56.1 Å². The van der Waals surface area contributed by atoms with E-state index in [0.29, 0.717) is 36.5 Å². The molecule has 61 heavy (non-hydrogen) atoms. The number of nitrogens with zero attached hydrogens (tertiary/aromatic N) is 3. The summed E-state index contributed by atoms with van der Waals surface area (Å²) in [4.78, 5) is 36.8. The fraction of sp³-hybridized carbons (Fsp3) is 0.841. The number of halogens is 1. The molecular weight excluding hydrogens is 844 g/mol. The summed E-state index contributed by atoms with van der Waals surface area (Å²) in [6.45, 7) is 13.5. The van der Waals surface area contributed by atoms with Crippen LogP contribution in [0.2, 0.25) is 0 Å². The number of hydrogen-bond donors (Lipinski definition) is 2. The zero-order chi connectivity index (χ0) is 44.8. The number of nitrogens with one attached hydrogen (secondary N) is 1. The second kappa shape index (κ2) is 19.6. The number of hydrogen-bond acceptors (Lipinski definition) is 15. The van der Waals surface area contributed by atoms with Crippen molar-refractivity contribution < 1.29 is 47.3 Å². The summed E-state index contributed by atoms with van der Waals surface area (Å²) in [6, 6.07) is -0.399. The molecule has 0 aromatic heterocycles. The number of ketones is 1. The summed E-state index contributed by atoms with van der Waals surface area (Å²) in [5.41, 5.74) is -2.76. The molecule has 7 aliphatic rings. The second-order valence-electron chi connectivity index (χ2n) is 19.1. The molecule has 3 saturated heterocycles. The molecule has 6 aliphatic heterocycles. The molecule has 2 N–H and O–H groups in total. The van der Waals surface area contributed by atoms with Gasteiger partial charge in [0, 0.05) is 49.8 Å². The number of aliphatic imine (C=N–C) groups is 1. The van der Waals surface area contributed by atoms with Gasteiger partial charge in [-0.15, -0.1) is 23.4 Å². The number of aliphatic hydroxyl groups excluding tert-OH is 1. The van der Waals surface area contributed by atoms with Crippen molar-refractivity contribution in [2.45, 2.75) is 183 Å². The number of esters is 1. The van der Waals surface area contributed by atoms with Crippen LogP contribution in [0, 0.1) is 11.8 Å². The topological polar surface area (TPSA) is 158 Å². The van der Waals surface area contributed by atoms with Crippen molar-refractivity contribution in [3.8, 4) is 0 Å². The lowest BCUT2D eigenvalue weighted by atomic mass is 9.69. The number of thioether (sulfide) groups is 1. The van der Waals surface area contributed by atoms with Crippen LogP contribution < -0.4 is 5.32 Å². The highest BCUT2D eigenvalue weighted by Gasteiger charge is 2.56. The third-order valence-electron chi connectivity index (χ3n) is 14.2. The Bertz CT molecular complexity index is 1730. The summed E-state index contributed by atoms with van der Waals surface area (Å²) in [6.07, 6.45) is 4.55. The molecule has 6 heterocycles. The van der Waals surface area contributed by atoms with Gasteiger partial charge in [0.25, 0.3) is 0 Å². The highest BCUT2D eigenvalue weighted by molar-refractivity contribution is 8.14. The Morgan fingerprint density at radius 1 is 0.984 bits per heavy atom. The van der Waals surface area contributed by atoms with Crippen LogP contribution in [0.15, 0.2) is 27.7 Å². The molecule has 14 nitrogen and oxygen atoms in total. The Morgan fingerprint density at radius 3 is 2.21 bits per heavy atom. The average molecular weight is 916 g/mol. The molecule has 17 heteroatoms. The van der Waals surface area contributed by atoms with Crippen molar-refractivity contribution >= 4 is 51.0 Å². The van der Waals surface area contributed by atoms with Crippen LogP contribution in [0.4, 0.5) is 0 Å². The maximum atomic E-state index is 14.6. The predicted molar refractivity (Wildman–Crippen MR) is 239 cm³/mol. The molecule has 0 aromatic rings. The largest absolute Gasteiger partial charge is 0.459 e. The van der Waals surface area contributed by atoms with E-state index >= 15 is 0 Å². The fourth-order valence-electron chi connectivity index (χ4n) is 10.1. The smallest absolute Gasteiger partial charge is 0.332 e. The molecule has 0 spiro atoms. The van der Waals surface area contributed by atoms with E-state index in [1.54, 1.807) is 13.8 Å². The number of fused-ring (bicyclic) bond motifs is 10. The van der Waals surface area contributed by atoms with Crippen LogP contribution in [0.25, 0.3) is 0 Å². The van der Waals surface area contributed by atoms with E-state index in [4.69, 9.17) is 45.0 Å². The number of aliphatic hydroxyl groups is 1. The lowest BCUT2D eigenvalue weighted by molar-refractivity contribution is -0.260. The molecule has 0 amide bonds. The summed E-state index contributed by atoms with van der Waals surface area (Å²) in [7, 11) is 7.75. The van der Waals surface area contributed by atoms with Gasteiger partial charge in [0.2, 0.25) is 0 Å². The summed E-state index contributed by atoms with van der Waals surface area (Å²) >= 11 is 8.81. The number of rotatable bonds is 7. The molecule has 1 saturated carbocycles. The zero-order valence-electron chi connectivity index (χ0n) is 38.2. The van der Waals surface area contributed by atoms with E-state index in [9.17, 15) is 18.9 Å². The van der Waals surface area contributed by atoms with Crippen LogP contribution in [0.5, 0.6) is 0 Å². The van der Waals surface area contributed by atoms with Crippen molar-refractivity contribution in [1.82, 2.24) is 15.1 Å². The Morgan fingerprint density at radius 2 is 1.61 bits per heavy atom. The van der Waals surface area contributed by atoms with Crippen LogP contribution in [0.3, 0.4) is 0 Å². The van der Waals surface area contributed by atoms with Gasteiger partial charge in [-0.3, -0.25) is 9.79 Å². The van der Waals surface area contributed by atoms with Gasteiger partial charge >= 0.3 is 5.97 Å². The third-order valence-corrected chi connectivity index (χ3v) is 17.8. The van der Waals surface area contributed by atoms with Crippen molar-refractivity contribution in [2.24, 2.45) is 16.8 Å². The molecule has 1 aliphatic carbocycles. The van der Waals surface area contributed by atoms with E-state index in [1.165, 1.54) is 24.9 Å². The van der Waals surface area contributed by atoms with Crippen LogP contribution in [-0.2, 0) is 48.8 Å². The van der Waals surface area contributed by atoms with Gasteiger partial charge in [-0.2, -0.15) is 0 Å². The summed E-state index contributed by atoms with van der Waals surface area (Å²) < 4.78 is 52.4. The highest BCUT2D eigenvalue weighted by Crippen LogP contribution is 2.48. The SMILES string of the molecule is COC1S(=O)/C2=C\C(=O)C(C)(OC3CCC(N(C)C)C(C)O3)C(O)CCC/C(C)=C\C3C(OC4CCC(N(C)C)C(C)O4)CC(OC(=O)C4CSC(=N4)C1(C)N2)C(C)(Cl)C3C. The van der Waals surface area contributed by atoms with Gasteiger partial charge in [-0.25, -0.2) is 9.00 Å². The Labute approximate surface area is 375 Å². The van der Waals surface area contributed by atoms with Gasteiger partial charge in [0.15, 0.2) is 35.4 Å². The molecule has 6 bridgehead atoms. The molecule has 346 valence electrons. The van der Waals surface area contributed by atoms with Crippen LogP contribution in [-0.4, -0.2) is 160 Å². The number of likely N-dealkylation sites (N-methyl/N-ethyl adjacent to an activating group) is 2. The van der Waals surface area contributed by atoms with E-state index in [1.807, 2.05) is 27.9 Å². The first-order chi connectivity index (χ1) is 28.6. The summed E-state index contributed by atoms with van der Waals surface area (Å²) in [5.74, 6) is -1.08. The van der Waals surface area contributed by atoms with Crippen molar-refractivity contribution in [2.75, 3.05) is 41.1 Å². The molecule has 4 fully saturated rings. The Kier molecular flexibility index (Phi) is 15.7. The minimum absolute atomic E-state index is 0.0333. The predicted octanol–water partition coefficient (Wildman–Crippen LogP) is 5.12. The van der Waals surface area contributed by atoms with Gasteiger partial charge in [-0.1, -0.05) is 18.6 Å². The maximum absolute atomic E-state index is 14.6. The first-order valence-corrected chi connectivity index (χ1v) is 24.6. The molecule has 0 radical (unpaired) electrons. The van der Waals surface area contributed by atoms with Gasteiger partial charge in [0.1, 0.15) is 27.5 Å². The van der Waals surface area contributed by atoms with Gasteiger partial charge in [0.05, 0.1) is 34.3 Å². The highest BCUT2D eigenvalue weighted by atomic mass is 35.5. The molecular formula is C44H71ClN4O10S2. The number of carbonyl (C=O) groups is 2. The van der Waals surface area contributed by atoms with E-state index in [0.717, 1.165) is 24.8 Å². The zero-order valence-corrected chi connectivity index (χ0v) is 40.6. The van der Waals surface area contributed by atoms with Crippen molar-refractivity contribution in [3.63, 3.8) is 0 Å². The van der Waals surface area contributed by atoms with Crippen molar-refractivity contribution in [1.29, 1.82) is 0 Å². The van der Waals surface area contributed by atoms with E-state index < -0.39 is 74.8 Å². The second-order valence-corrected chi connectivity index (χ2v) is 22.4.